The molecule has 0 amide bonds. The largest absolute Gasteiger partial charge is 0.481 e. The van der Waals surface area contributed by atoms with Gasteiger partial charge in [0.15, 0.2) is 0 Å². The van der Waals surface area contributed by atoms with E-state index in [0.29, 0.717) is 12.5 Å². The Morgan fingerprint density at radius 1 is 1.15 bits per heavy atom. The maximum absolute atomic E-state index is 10.9. The Balaban J connectivity index is 1.99. The first-order valence-corrected chi connectivity index (χ1v) is 7.78. The van der Waals surface area contributed by atoms with Crippen LogP contribution >= 0.6 is 0 Å². The van der Waals surface area contributed by atoms with Crippen LogP contribution in [-0.2, 0) is 4.79 Å². The average molecular weight is 275 g/mol. The van der Waals surface area contributed by atoms with E-state index >= 15 is 0 Å². The molecule has 110 valence electrons. The monoisotopic (exact) mass is 275 g/mol. The lowest BCUT2D eigenvalue weighted by Gasteiger charge is -2.25. The minimum Gasteiger partial charge on any atom is -0.481 e. The molecule has 0 aromatic heterocycles. The van der Waals surface area contributed by atoms with Crippen molar-refractivity contribution in [3.05, 3.63) is 35.9 Å². The lowest BCUT2D eigenvalue weighted by Crippen LogP contribution is -2.32. The molecule has 3 nitrogen and oxygen atoms in total. The van der Waals surface area contributed by atoms with Gasteiger partial charge in [0.1, 0.15) is 0 Å². The highest BCUT2D eigenvalue weighted by Crippen LogP contribution is 2.24. The van der Waals surface area contributed by atoms with Gasteiger partial charge < -0.3 is 10.4 Å². The highest BCUT2D eigenvalue weighted by Gasteiger charge is 2.19. The van der Waals surface area contributed by atoms with E-state index in [1.165, 1.54) is 44.1 Å². The van der Waals surface area contributed by atoms with Crippen LogP contribution in [0.1, 0.15) is 63.0 Å². The molecule has 20 heavy (non-hydrogen) atoms. The first-order chi connectivity index (χ1) is 9.75. The fourth-order valence-electron chi connectivity index (χ4n) is 3.03. The van der Waals surface area contributed by atoms with Gasteiger partial charge in [0.2, 0.25) is 0 Å². The number of carboxylic acids is 1. The Morgan fingerprint density at radius 3 is 2.40 bits per heavy atom. The predicted octanol–water partition coefficient (Wildman–Crippen LogP) is 3.90. The van der Waals surface area contributed by atoms with Gasteiger partial charge in [-0.25, -0.2) is 0 Å². The smallest absolute Gasteiger partial charge is 0.303 e. The van der Waals surface area contributed by atoms with Crippen LogP contribution in [0, 0.1) is 0 Å². The fourth-order valence-corrected chi connectivity index (χ4v) is 3.03. The van der Waals surface area contributed by atoms with E-state index in [1.54, 1.807) is 0 Å². The van der Waals surface area contributed by atoms with Crippen molar-refractivity contribution in [2.75, 3.05) is 0 Å². The number of hydrogen-bond donors (Lipinski definition) is 2. The summed E-state index contributed by atoms with van der Waals surface area (Å²) in [6, 6.07) is 10.9. The van der Waals surface area contributed by atoms with Crippen molar-refractivity contribution in [1.82, 2.24) is 5.32 Å². The zero-order valence-corrected chi connectivity index (χ0v) is 12.1. The summed E-state index contributed by atoms with van der Waals surface area (Å²) < 4.78 is 0. The van der Waals surface area contributed by atoms with Crippen molar-refractivity contribution >= 4 is 5.97 Å². The molecule has 0 bridgehead atoms. The van der Waals surface area contributed by atoms with Crippen LogP contribution in [0.2, 0.25) is 0 Å². The summed E-state index contributed by atoms with van der Waals surface area (Å²) in [5.41, 5.74) is 1.21. The second kappa shape index (κ2) is 8.05. The summed E-state index contributed by atoms with van der Waals surface area (Å²) in [6.45, 7) is 0. The molecule has 1 unspecified atom stereocenters. The lowest BCUT2D eigenvalue weighted by atomic mass is 9.99. The molecule has 0 heterocycles. The molecule has 2 N–H and O–H groups in total. The number of benzene rings is 1. The van der Waals surface area contributed by atoms with Gasteiger partial charge in [-0.3, -0.25) is 4.79 Å². The average Bonchev–Trinajstić information content (AvgIpc) is 2.72. The molecule has 0 spiro atoms. The molecule has 1 saturated carbocycles. The van der Waals surface area contributed by atoms with E-state index in [-0.39, 0.29) is 12.5 Å². The van der Waals surface area contributed by atoms with Gasteiger partial charge in [0, 0.05) is 18.5 Å². The quantitative estimate of drug-likeness (QED) is 0.774. The van der Waals surface area contributed by atoms with Crippen LogP contribution in [0.4, 0.5) is 0 Å². The van der Waals surface area contributed by atoms with Gasteiger partial charge in [-0.2, -0.15) is 0 Å². The SMILES string of the molecule is O=C(O)CCC(NC1CCCCCC1)c1ccccc1. The Hall–Kier alpha value is -1.35. The van der Waals surface area contributed by atoms with Crippen LogP contribution in [-0.4, -0.2) is 17.1 Å². The van der Waals surface area contributed by atoms with Gasteiger partial charge in [0.05, 0.1) is 0 Å². The van der Waals surface area contributed by atoms with Crippen molar-refractivity contribution < 1.29 is 9.90 Å². The molecular formula is C17H25NO2. The van der Waals surface area contributed by atoms with Crippen LogP contribution in [0.5, 0.6) is 0 Å². The van der Waals surface area contributed by atoms with Crippen molar-refractivity contribution in [2.45, 2.75) is 63.5 Å². The van der Waals surface area contributed by atoms with E-state index in [4.69, 9.17) is 5.11 Å². The molecule has 1 atom stereocenters. The van der Waals surface area contributed by atoms with Crippen LogP contribution in [0.25, 0.3) is 0 Å². The number of hydrogen-bond acceptors (Lipinski definition) is 2. The second-order valence-corrected chi connectivity index (χ2v) is 5.75. The highest BCUT2D eigenvalue weighted by molar-refractivity contribution is 5.66. The van der Waals surface area contributed by atoms with E-state index in [2.05, 4.69) is 17.4 Å². The standard InChI is InChI=1S/C17H25NO2/c19-17(20)13-12-16(14-8-4-3-5-9-14)18-15-10-6-1-2-7-11-15/h3-5,8-9,15-16,18H,1-2,6-7,10-13H2,(H,19,20). The van der Waals surface area contributed by atoms with Gasteiger partial charge in [-0.15, -0.1) is 0 Å². The van der Waals surface area contributed by atoms with Gasteiger partial charge in [-0.1, -0.05) is 56.0 Å². The minimum atomic E-state index is -0.714. The fraction of sp³-hybridized carbons (Fsp3) is 0.588. The number of carbonyl (C=O) groups is 1. The molecule has 2 rings (SSSR count). The number of nitrogens with one attached hydrogen (secondary N) is 1. The van der Waals surface area contributed by atoms with Crippen LogP contribution in [0.15, 0.2) is 30.3 Å². The van der Waals surface area contributed by atoms with Crippen molar-refractivity contribution in [2.24, 2.45) is 0 Å². The maximum Gasteiger partial charge on any atom is 0.303 e. The number of aliphatic carboxylic acids is 1. The van der Waals surface area contributed by atoms with Crippen LogP contribution < -0.4 is 5.32 Å². The summed E-state index contributed by atoms with van der Waals surface area (Å²) in [5, 5.41) is 12.6. The molecule has 3 heteroatoms. The Labute approximate surface area is 121 Å². The number of rotatable bonds is 6. The summed E-state index contributed by atoms with van der Waals surface area (Å²) in [6.07, 6.45) is 8.57. The molecule has 1 fully saturated rings. The van der Waals surface area contributed by atoms with Crippen molar-refractivity contribution in [3.63, 3.8) is 0 Å². The molecule has 0 radical (unpaired) electrons. The Bertz CT molecular complexity index is 397. The Morgan fingerprint density at radius 2 is 1.80 bits per heavy atom. The first kappa shape index (κ1) is 15.0. The molecule has 0 aliphatic heterocycles. The summed E-state index contributed by atoms with van der Waals surface area (Å²) in [4.78, 5) is 10.9. The van der Waals surface area contributed by atoms with Gasteiger partial charge >= 0.3 is 5.97 Å². The molecule has 1 aromatic carbocycles. The molecule has 1 aliphatic carbocycles. The summed E-state index contributed by atoms with van der Waals surface area (Å²) >= 11 is 0. The lowest BCUT2D eigenvalue weighted by molar-refractivity contribution is -0.137. The highest BCUT2D eigenvalue weighted by atomic mass is 16.4. The normalized spacial score (nSPS) is 18.4. The third-order valence-electron chi connectivity index (χ3n) is 4.14. The zero-order chi connectivity index (χ0) is 14.2. The van der Waals surface area contributed by atoms with Crippen molar-refractivity contribution in [1.29, 1.82) is 0 Å². The third kappa shape index (κ3) is 4.97. The summed E-state index contributed by atoms with van der Waals surface area (Å²) in [5.74, 6) is -0.714. The van der Waals surface area contributed by atoms with Crippen LogP contribution in [0.3, 0.4) is 0 Å². The van der Waals surface area contributed by atoms with E-state index in [1.807, 2.05) is 18.2 Å². The van der Waals surface area contributed by atoms with Gasteiger partial charge in [0.25, 0.3) is 0 Å². The molecule has 1 aromatic rings. The van der Waals surface area contributed by atoms with E-state index < -0.39 is 5.97 Å². The topological polar surface area (TPSA) is 49.3 Å². The zero-order valence-electron chi connectivity index (χ0n) is 12.1. The van der Waals surface area contributed by atoms with Crippen molar-refractivity contribution in [3.8, 4) is 0 Å². The second-order valence-electron chi connectivity index (χ2n) is 5.75. The molecular weight excluding hydrogens is 250 g/mol. The predicted molar refractivity (Wildman–Crippen MR) is 80.7 cm³/mol. The molecule has 1 aliphatic rings. The van der Waals surface area contributed by atoms with E-state index in [0.717, 1.165) is 0 Å². The van der Waals surface area contributed by atoms with E-state index in [9.17, 15) is 4.79 Å². The molecule has 0 saturated heterocycles. The maximum atomic E-state index is 10.9. The minimum absolute atomic E-state index is 0.162. The Kier molecular flexibility index (Phi) is 6.06. The third-order valence-corrected chi connectivity index (χ3v) is 4.14. The van der Waals surface area contributed by atoms with Gasteiger partial charge in [-0.05, 0) is 24.8 Å². The summed E-state index contributed by atoms with van der Waals surface area (Å²) in [7, 11) is 0. The number of carboxylic acid groups (broad SMARTS) is 1. The first-order valence-electron chi connectivity index (χ1n) is 7.78.